The first kappa shape index (κ1) is 15.0. The van der Waals surface area contributed by atoms with Crippen LogP contribution < -0.4 is 5.73 Å². The lowest BCUT2D eigenvalue weighted by Gasteiger charge is -2.24. The molecule has 106 valence electrons. The number of hydrogen-bond donors (Lipinski definition) is 2. The van der Waals surface area contributed by atoms with E-state index in [1.807, 2.05) is 48.5 Å². The van der Waals surface area contributed by atoms with E-state index in [-0.39, 0.29) is 5.92 Å². The Bertz CT molecular complexity index is 553. The second-order valence-electron chi connectivity index (χ2n) is 4.89. The fraction of sp³-hybridized carbons (Fsp3) is 0.294. The van der Waals surface area contributed by atoms with Gasteiger partial charge in [-0.2, -0.15) is 0 Å². The molecule has 0 radical (unpaired) electrons. The van der Waals surface area contributed by atoms with Gasteiger partial charge in [-0.3, -0.25) is 0 Å². The molecule has 0 heterocycles. The molecule has 3 N–H and O–H groups in total. The molecular formula is C17H20ClNO. The van der Waals surface area contributed by atoms with Gasteiger partial charge in [0.25, 0.3) is 0 Å². The summed E-state index contributed by atoms with van der Waals surface area (Å²) < 4.78 is 0. The van der Waals surface area contributed by atoms with E-state index in [2.05, 4.69) is 6.92 Å². The van der Waals surface area contributed by atoms with Crippen LogP contribution in [-0.2, 0) is 6.42 Å². The van der Waals surface area contributed by atoms with Crippen LogP contribution in [0.2, 0.25) is 5.02 Å². The molecule has 2 atom stereocenters. The van der Waals surface area contributed by atoms with Crippen LogP contribution in [0.4, 0.5) is 0 Å². The van der Waals surface area contributed by atoms with Crippen molar-refractivity contribution < 1.29 is 5.11 Å². The summed E-state index contributed by atoms with van der Waals surface area (Å²) in [7, 11) is 0. The molecule has 0 aliphatic rings. The predicted molar refractivity (Wildman–Crippen MR) is 84.0 cm³/mol. The van der Waals surface area contributed by atoms with Crippen LogP contribution in [0.5, 0.6) is 0 Å². The molecule has 2 rings (SSSR count). The van der Waals surface area contributed by atoms with Gasteiger partial charge in [0, 0.05) is 17.5 Å². The minimum absolute atomic E-state index is 0.125. The third-order valence-electron chi connectivity index (χ3n) is 3.69. The Hall–Kier alpha value is -1.35. The second-order valence-corrected chi connectivity index (χ2v) is 5.33. The van der Waals surface area contributed by atoms with Crippen molar-refractivity contribution in [2.24, 2.45) is 5.73 Å². The highest BCUT2D eigenvalue weighted by Crippen LogP contribution is 2.32. The topological polar surface area (TPSA) is 46.2 Å². The van der Waals surface area contributed by atoms with Crippen molar-refractivity contribution in [3.63, 3.8) is 0 Å². The molecular weight excluding hydrogens is 270 g/mol. The Balaban J connectivity index is 2.33. The molecule has 0 fully saturated rings. The maximum Gasteiger partial charge on any atom is 0.0873 e. The zero-order chi connectivity index (χ0) is 14.5. The van der Waals surface area contributed by atoms with Crippen molar-refractivity contribution >= 4 is 11.6 Å². The maximum atomic E-state index is 10.7. The molecule has 2 unspecified atom stereocenters. The van der Waals surface area contributed by atoms with Crippen LogP contribution in [-0.4, -0.2) is 11.7 Å². The SMILES string of the molecule is CCc1ccccc1C(O)C(CN)c1ccc(Cl)cc1. The highest BCUT2D eigenvalue weighted by molar-refractivity contribution is 6.30. The first-order valence-corrected chi connectivity index (χ1v) is 7.26. The van der Waals surface area contributed by atoms with E-state index >= 15 is 0 Å². The fourth-order valence-electron chi connectivity index (χ4n) is 2.52. The smallest absolute Gasteiger partial charge is 0.0873 e. The lowest BCUT2D eigenvalue weighted by Crippen LogP contribution is -2.21. The van der Waals surface area contributed by atoms with Crippen LogP contribution in [0.15, 0.2) is 48.5 Å². The summed E-state index contributed by atoms with van der Waals surface area (Å²) in [4.78, 5) is 0. The summed E-state index contributed by atoms with van der Waals surface area (Å²) in [6.07, 6.45) is 0.294. The molecule has 2 nitrogen and oxygen atoms in total. The van der Waals surface area contributed by atoms with Crippen LogP contribution >= 0.6 is 11.6 Å². The van der Waals surface area contributed by atoms with E-state index < -0.39 is 6.10 Å². The van der Waals surface area contributed by atoms with E-state index in [4.69, 9.17) is 17.3 Å². The first-order valence-electron chi connectivity index (χ1n) is 6.88. The molecule has 0 spiro atoms. The van der Waals surface area contributed by atoms with Gasteiger partial charge in [-0.05, 0) is 35.2 Å². The molecule has 0 aliphatic heterocycles. The zero-order valence-electron chi connectivity index (χ0n) is 11.6. The molecule has 0 saturated carbocycles. The number of rotatable bonds is 5. The van der Waals surface area contributed by atoms with Crippen molar-refractivity contribution in [3.8, 4) is 0 Å². The first-order chi connectivity index (χ1) is 9.67. The minimum atomic E-state index is -0.600. The van der Waals surface area contributed by atoms with E-state index in [0.717, 1.165) is 23.1 Å². The standard InChI is InChI=1S/C17H20ClNO/c1-2-12-5-3-4-6-15(12)17(20)16(11-19)13-7-9-14(18)10-8-13/h3-10,16-17,20H,2,11,19H2,1H3. The highest BCUT2D eigenvalue weighted by atomic mass is 35.5. The normalized spacial score (nSPS) is 14.0. The van der Waals surface area contributed by atoms with Gasteiger partial charge in [-0.25, -0.2) is 0 Å². The third kappa shape index (κ3) is 3.21. The van der Waals surface area contributed by atoms with Gasteiger partial charge in [0.2, 0.25) is 0 Å². The number of aryl methyl sites for hydroxylation is 1. The number of aliphatic hydroxyl groups excluding tert-OH is 1. The molecule has 0 amide bonds. The Morgan fingerprint density at radius 3 is 2.35 bits per heavy atom. The molecule has 2 aromatic carbocycles. The van der Waals surface area contributed by atoms with Gasteiger partial charge in [0.05, 0.1) is 6.10 Å². The van der Waals surface area contributed by atoms with Gasteiger partial charge in [-0.1, -0.05) is 54.9 Å². The molecule has 0 bridgehead atoms. The van der Waals surface area contributed by atoms with E-state index in [1.54, 1.807) is 0 Å². The Labute approximate surface area is 125 Å². The minimum Gasteiger partial charge on any atom is -0.388 e. The van der Waals surface area contributed by atoms with Crippen molar-refractivity contribution in [3.05, 3.63) is 70.2 Å². The lowest BCUT2D eigenvalue weighted by molar-refractivity contribution is 0.146. The van der Waals surface area contributed by atoms with Gasteiger partial charge < -0.3 is 10.8 Å². The van der Waals surface area contributed by atoms with E-state index in [9.17, 15) is 5.11 Å². The molecule has 3 heteroatoms. The van der Waals surface area contributed by atoms with Crippen LogP contribution in [0.1, 0.15) is 35.6 Å². The van der Waals surface area contributed by atoms with Crippen molar-refractivity contribution in [1.82, 2.24) is 0 Å². The van der Waals surface area contributed by atoms with Crippen LogP contribution in [0.3, 0.4) is 0 Å². The molecule has 20 heavy (non-hydrogen) atoms. The average molecular weight is 290 g/mol. The summed E-state index contributed by atoms with van der Waals surface area (Å²) in [6.45, 7) is 2.48. The van der Waals surface area contributed by atoms with Gasteiger partial charge in [0.1, 0.15) is 0 Å². The largest absolute Gasteiger partial charge is 0.388 e. The molecule has 0 aliphatic carbocycles. The number of benzene rings is 2. The number of hydrogen-bond acceptors (Lipinski definition) is 2. The van der Waals surface area contributed by atoms with E-state index in [1.165, 1.54) is 0 Å². The predicted octanol–water partition coefficient (Wildman–Crippen LogP) is 3.68. The number of halogens is 1. The molecule has 0 aromatic heterocycles. The number of nitrogens with two attached hydrogens (primary N) is 1. The summed E-state index contributed by atoms with van der Waals surface area (Å²) >= 11 is 5.91. The summed E-state index contributed by atoms with van der Waals surface area (Å²) in [6, 6.07) is 15.5. The second kappa shape index (κ2) is 6.89. The lowest BCUT2D eigenvalue weighted by atomic mass is 9.87. The Morgan fingerprint density at radius 1 is 1.10 bits per heavy atom. The number of aliphatic hydroxyl groups is 1. The van der Waals surface area contributed by atoms with Gasteiger partial charge >= 0.3 is 0 Å². The maximum absolute atomic E-state index is 10.7. The Morgan fingerprint density at radius 2 is 1.75 bits per heavy atom. The summed E-state index contributed by atoms with van der Waals surface area (Å²) in [5, 5.41) is 11.4. The highest BCUT2D eigenvalue weighted by Gasteiger charge is 2.23. The van der Waals surface area contributed by atoms with Gasteiger partial charge in [0.15, 0.2) is 0 Å². The fourth-order valence-corrected chi connectivity index (χ4v) is 2.64. The monoisotopic (exact) mass is 289 g/mol. The van der Waals surface area contributed by atoms with Crippen LogP contribution in [0, 0.1) is 0 Å². The third-order valence-corrected chi connectivity index (χ3v) is 3.94. The Kier molecular flexibility index (Phi) is 5.18. The van der Waals surface area contributed by atoms with E-state index in [0.29, 0.717) is 11.6 Å². The summed E-state index contributed by atoms with van der Waals surface area (Å²) in [5.74, 6) is -0.125. The average Bonchev–Trinajstić information content (AvgIpc) is 2.49. The van der Waals surface area contributed by atoms with Gasteiger partial charge in [-0.15, -0.1) is 0 Å². The van der Waals surface area contributed by atoms with Crippen LogP contribution in [0.25, 0.3) is 0 Å². The zero-order valence-corrected chi connectivity index (χ0v) is 12.3. The molecule has 2 aromatic rings. The van der Waals surface area contributed by atoms with Crippen molar-refractivity contribution in [2.75, 3.05) is 6.54 Å². The van der Waals surface area contributed by atoms with Crippen molar-refractivity contribution in [1.29, 1.82) is 0 Å². The quantitative estimate of drug-likeness (QED) is 0.882. The summed E-state index contributed by atoms with van der Waals surface area (Å²) in [5.41, 5.74) is 9.01. The molecule has 0 saturated heterocycles. The van der Waals surface area contributed by atoms with Crippen molar-refractivity contribution in [2.45, 2.75) is 25.4 Å².